The van der Waals surface area contributed by atoms with Crippen LogP contribution >= 0.6 is 0 Å². The molecule has 1 heterocycles. The van der Waals surface area contributed by atoms with E-state index in [0.29, 0.717) is 22.6 Å². The Hall–Kier alpha value is -3.08. The van der Waals surface area contributed by atoms with Crippen LogP contribution in [0.25, 0.3) is 11.0 Å². The summed E-state index contributed by atoms with van der Waals surface area (Å²) < 4.78 is 16.3. The summed E-state index contributed by atoms with van der Waals surface area (Å²) in [6, 6.07) is 12.4. The zero-order valence-corrected chi connectivity index (χ0v) is 15.1. The van der Waals surface area contributed by atoms with Crippen LogP contribution in [0.1, 0.15) is 34.3 Å². The smallest absolute Gasteiger partial charge is 0.339 e. The Morgan fingerprint density at radius 3 is 2.67 bits per heavy atom. The van der Waals surface area contributed by atoms with Crippen molar-refractivity contribution in [1.29, 1.82) is 0 Å². The molecular formula is C22H20O5. The third-order valence-electron chi connectivity index (χ3n) is 4.96. The molecule has 1 aliphatic carbocycles. The lowest BCUT2D eigenvalue weighted by molar-refractivity contribution is 0.0921. The van der Waals surface area contributed by atoms with Crippen molar-refractivity contribution in [3.63, 3.8) is 0 Å². The molecule has 1 aliphatic rings. The highest BCUT2D eigenvalue weighted by Gasteiger charge is 2.18. The van der Waals surface area contributed by atoms with Gasteiger partial charge in [0.15, 0.2) is 12.4 Å². The molecule has 0 saturated heterocycles. The van der Waals surface area contributed by atoms with Gasteiger partial charge in [0.1, 0.15) is 17.1 Å². The van der Waals surface area contributed by atoms with Crippen LogP contribution in [0, 0.1) is 0 Å². The molecule has 0 N–H and O–H groups in total. The van der Waals surface area contributed by atoms with Gasteiger partial charge in [-0.05, 0) is 55.5 Å². The first-order valence-electron chi connectivity index (χ1n) is 9.04. The summed E-state index contributed by atoms with van der Waals surface area (Å²) in [4.78, 5) is 24.6. The monoisotopic (exact) mass is 364 g/mol. The Morgan fingerprint density at radius 2 is 1.85 bits per heavy atom. The highest BCUT2D eigenvalue weighted by atomic mass is 16.5. The molecular weight excluding hydrogens is 344 g/mol. The van der Waals surface area contributed by atoms with Crippen molar-refractivity contribution in [1.82, 2.24) is 0 Å². The Kier molecular flexibility index (Phi) is 4.67. The van der Waals surface area contributed by atoms with Gasteiger partial charge in [0.2, 0.25) is 0 Å². The minimum Gasteiger partial charge on any atom is -0.497 e. The van der Waals surface area contributed by atoms with Crippen LogP contribution in [0.2, 0.25) is 0 Å². The fraction of sp³-hybridized carbons (Fsp3) is 0.273. The van der Waals surface area contributed by atoms with Gasteiger partial charge < -0.3 is 13.9 Å². The van der Waals surface area contributed by atoms with E-state index in [2.05, 4.69) is 0 Å². The molecule has 0 atom stereocenters. The second-order valence-corrected chi connectivity index (χ2v) is 6.66. The molecule has 5 heteroatoms. The Labute approximate surface area is 156 Å². The minimum absolute atomic E-state index is 0.103. The predicted octanol–water partition coefficient (Wildman–Crippen LogP) is 3.94. The minimum atomic E-state index is -0.262. The number of benzene rings is 2. The van der Waals surface area contributed by atoms with Crippen LogP contribution in [0.5, 0.6) is 11.5 Å². The van der Waals surface area contributed by atoms with Crippen LogP contribution < -0.4 is 15.1 Å². The second kappa shape index (κ2) is 7.27. The van der Waals surface area contributed by atoms with Gasteiger partial charge in [-0.1, -0.05) is 12.1 Å². The van der Waals surface area contributed by atoms with Crippen molar-refractivity contribution < 1.29 is 18.7 Å². The van der Waals surface area contributed by atoms with Crippen LogP contribution in [-0.4, -0.2) is 19.5 Å². The third-order valence-corrected chi connectivity index (χ3v) is 4.96. The van der Waals surface area contributed by atoms with E-state index in [1.54, 1.807) is 37.4 Å². The molecule has 5 nitrogen and oxygen atoms in total. The topological polar surface area (TPSA) is 65.7 Å². The molecule has 0 saturated carbocycles. The van der Waals surface area contributed by atoms with E-state index in [-0.39, 0.29) is 18.0 Å². The average Bonchev–Trinajstić information content (AvgIpc) is 2.72. The molecule has 0 amide bonds. The zero-order chi connectivity index (χ0) is 18.8. The van der Waals surface area contributed by atoms with Crippen molar-refractivity contribution in [3.05, 3.63) is 69.6 Å². The lowest BCUT2D eigenvalue weighted by Gasteiger charge is -2.16. The van der Waals surface area contributed by atoms with Gasteiger partial charge in [-0.2, -0.15) is 0 Å². The summed E-state index contributed by atoms with van der Waals surface area (Å²) in [5.74, 6) is 0.969. The number of rotatable bonds is 5. The van der Waals surface area contributed by atoms with E-state index in [1.165, 1.54) is 0 Å². The van der Waals surface area contributed by atoms with E-state index in [9.17, 15) is 9.59 Å². The maximum Gasteiger partial charge on any atom is 0.339 e. The molecule has 0 bridgehead atoms. The summed E-state index contributed by atoms with van der Waals surface area (Å²) in [6.07, 6.45) is 3.78. The average molecular weight is 364 g/mol. The fourth-order valence-corrected chi connectivity index (χ4v) is 3.54. The van der Waals surface area contributed by atoms with E-state index in [0.717, 1.165) is 42.2 Å². The highest BCUT2D eigenvalue weighted by Crippen LogP contribution is 2.29. The molecule has 4 rings (SSSR count). The van der Waals surface area contributed by atoms with Gasteiger partial charge >= 0.3 is 5.63 Å². The van der Waals surface area contributed by atoms with Gasteiger partial charge in [-0.15, -0.1) is 0 Å². The first-order valence-corrected chi connectivity index (χ1v) is 9.04. The number of ether oxygens (including phenoxy) is 2. The zero-order valence-electron chi connectivity index (χ0n) is 15.1. The second-order valence-electron chi connectivity index (χ2n) is 6.66. The standard InChI is InChI=1S/C22H20O5/c1-25-15-6-4-5-14(11-15)20(23)13-26-16-9-10-18-17-7-2-3-8-19(17)22(24)27-21(18)12-16/h4-6,9-12H,2-3,7-8,13H2,1H3. The molecule has 0 spiro atoms. The molecule has 138 valence electrons. The first kappa shape index (κ1) is 17.3. The van der Waals surface area contributed by atoms with E-state index < -0.39 is 0 Å². The maximum absolute atomic E-state index is 12.3. The number of carbonyl (C=O) groups excluding carboxylic acids is 1. The van der Waals surface area contributed by atoms with Gasteiger partial charge in [-0.25, -0.2) is 4.79 Å². The van der Waals surface area contributed by atoms with Crippen LogP contribution in [0.15, 0.2) is 51.7 Å². The van der Waals surface area contributed by atoms with Crippen LogP contribution in [-0.2, 0) is 12.8 Å². The molecule has 1 aromatic heterocycles. The lowest BCUT2D eigenvalue weighted by atomic mass is 9.91. The largest absolute Gasteiger partial charge is 0.497 e. The van der Waals surface area contributed by atoms with Gasteiger partial charge in [0.05, 0.1) is 7.11 Å². The van der Waals surface area contributed by atoms with Crippen molar-refractivity contribution in [2.45, 2.75) is 25.7 Å². The first-order chi connectivity index (χ1) is 13.2. The number of hydrogen-bond acceptors (Lipinski definition) is 5. The summed E-state index contributed by atoms with van der Waals surface area (Å²) in [5, 5.41) is 0.954. The van der Waals surface area contributed by atoms with E-state index >= 15 is 0 Å². The number of Topliss-reactive ketones (excluding diaryl/α,β-unsaturated/α-hetero) is 1. The fourth-order valence-electron chi connectivity index (χ4n) is 3.54. The van der Waals surface area contributed by atoms with Crippen LogP contribution in [0.3, 0.4) is 0 Å². The molecule has 0 aliphatic heterocycles. The summed E-state index contributed by atoms with van der Waals surface area (Å²) >= 11 is 0. The molecule has 0 radical (unpaired) electrons. The number of carbonyl (C=O) groups is 1. The quantitative estimate of drug-likeness (QED) is 0.507. The van der Waals surface area contributed by atoms with Crippen molar-refractivity contribution in [3.8, 4) is 11.5 Å². The number of fused-ring (bicyclic) bond motifs is 3. The van der Waals surface area contributed by atoms with Gasteiger partial charge in [0.25, 0.3) is 0 Å². The SMILES string of the molecule is COc1cccc(C(=O)COc2ccc3c4c(c(=O)oc3c2)CCCC4)c1. The van der Waals surface area contributed by atoms with Crippen molar-refractivity contribution >= 4 is 16.8 Å². The Balaban J connectivity index is 1.56. The molecule has 27 heavy (non-hydrogen) atoms. The predicted molar refractivity (Wildman–Crippen MR) is 102 cm³/mol. The summed E-state index contributed by atoms with van der Waals surface area (Å²) in [7, 11) is 1.56. The highest BCUT2D eigenvalue weighted by molar-refractivity contribution is 5.97. The number of hydrogen-bond donors (Lipinski definition) is 0. The van der Waals surface area contributed by atoms with Crippen molar-refractivity contribution in [2.75, 3.05) is 13.7 Å². The maximum atomic E-state index is 12.3. The number of ketones is 1. The third kappa shape index (κ3) is 3.45. The van der Waals surface area contributed by atoms with Crippen LogP contribution in [0.4, 0.5) is 0 Å². The normalized spacial score (nSPS) is 13.2. The molecule has 2 aromatic carbocycles. The molecule has 0 fully saturated rings. The van der Waals surface area contributed by atoms with Crippen molar-refractivity contribution in [2.24, 2.45) is 0 Å². The number of aryl methyl sites for hydroxylation is 1. The molecule has 3 aromatic rings. The van der Waals surface area contributed by atoms with E-state index in [4.69, 9.17) is 13.9 Å². The number of methoxy groups -OCH3 is 1. The van der Waals surface area contributed by atoms with Gasteiger partial charge in [0, 0.05) is 22.6 Å². The Morgan fingerprint density at radius 1 is 1.04 bits per heavy atom. The Bertz CT molecular complexity index is 1060. The lowest BCUT2D eigenvalue weighted by Crippen LogP contribution is -2.16. The molecule has 0 unspecified atom stereocenters. The van der Waals surface area contributed by atoms with Gasteiger partial charge in [-0.3, -0.25) is 4.79 Å². The van der Waals surface area contributed by atoms with E-state index in [1.807, 2.05) is 12.1 Å². The summed E-state index contributed by atoms with van der Waals surface area (Å²) in [5.41, 5.74) is 2.66. The summed E-state index contributed by atoms with van der Waals surface area (Å²) in [6.45, 7) is -0.103.